The Morgan fingerprint density at radius 3 is 2.59 bits per heavy atom. The topological polar surface area (TPSA) is 36.9 Å². The van der Waals surface area contributed by atoms with Crippen LogP contribution in [0.25, 0.3) is 0 Å². The molecule has 2 fully saturated rings. The highest BCUT2D eigenvalue weighted by molar-refractivity contribution is 5.77. The van der Waals surface area contributed by atoms with Gasteiger partial charge in [0.2, 0.25) is 0 Å². The van der Waals surface area contributed by atoms with Crippen molar-refractivity contribution in [1.82, 2.24) is 10.2 Å². The molecule has 0 aromatic heterocycles. The van der Waals surface area contributed by atoms with Crippen LogP contribution in [0.15, 0.2) is 47.5 Å². The third kappa shape index (κ3) is 3.61. The lowest BCUT2D eigenvalue weighted by Crippen LogP contribution is -2.41. The van der Waals surface area contributed by atoms with Gasteiger partial charge in [0.25, 0.3) is 6.02 Å². The van der Waals surface area contributed by atoms with Gasteiger partial charge in [-0.25, -0.2) is 9.38 Å². The molecule has 168 valence electrons. The first-order valence-corrected chi connectivity index (χ1v) is 12.3. The smallest absolute Gasteiger partial charge is 0.288 e. The van der Waals surface area contributed by atoms with E-state index in [1.165, 1.54) is 48.8 Å². The highest BCUT2D eigenvalue weighted by Gasteiger charge is 2.38. The minimum absolute atomic E-state index is 0.0138. The molecular formula is C27H32FN3O. The summed E-state index contributed by atoms with van der Waals surface area (Å²) >= 11 is 0. The first-order valence-electron chi connectivity index (χ1n) is 12.3. The van der Waals surface area contributed by atoms with Crippen molar-refractivity contribution in [3.05, 3.63) is 70.5 Å². The first kappa shape index (κ1) is 20.2. The van der Waals surface area contributed by atoms with Crippen LogP contribution in [0.2, 0.25) is 0 Å². The minimum atomic E-state index is -0.195. The molecule has 1 saturated carbocycles. The summed E-state index contributed by atoms with van der Waals surface area (Å²) in [5, 5.41) is 3.46. The van der Waals surface area contributed by atoms with Gasteiger partial charge in [0, 0.05) is 13.1 Å². The van der Waals surface area contributed by atoms with E-state index in [2.05, 4.69) is 28.4 Å². The summed E-state index contributed by atoms with van der Waals surface area (Å²) in [6, 6.07) is 14.9. The molecule has 1 N–H and O–H groups in total. The second-order valence-corrected chi connectivity index (χ2v) is 9.84. The zero-order valence-corrected chi connectivity index (χ0v) is 18.6. The molecule has 4 aliphatic rings. The van der Waals surface area contributed by atoms with E-state index in [1.807, 2.05) is 12.1 Å². The Kier molecular flexibility index (Phi) is 5.38. The van der Waals surface area contributed by atoms with Crippen LogP contribution in [-0.2, 0) is 11.2 Å². The van der Waals surface area contributed by atoms with Crippen LogP contribution in [0.5, 0.6) is 0 Å². The summed E-state index contributed by atoms with van der Waals surface area (Å²) in [4.78, 5) is 7.40. The zero-order valence-electron chi connectivity index (χ0n) is 18.6. The van der Waals surface area contributed by atoms with Crippen molar-refractivity contribution in [1.29, 1.82) is 0 Å². The number of rotatable bonds is 3. The van der Waals surface area contributed by atoms with Crippen molar-refractivity contribution in [2.45, 2.75) is 56.5 Å². The van der Waals surface area contributed by atoms with Gasteiger partial charge in [0.05, 0.1) is 12.1 Å². The van der Waals surface area contributed by atoms with Crippen LogP contribution < -0.4 is 5.32 Å². The number of benzene rings is 2. The van der Waals surface area contributed by atoms with Crippen molar-refractivity contribution in [2.24, 2.45) is 10.9 Å². The summed E-state index contributed by atoms with van der Waals surface area (Å²) < 4.78 is 20.0. The molecule has 5 heteroatoms. The van der Waals surface area contributed by atoms with Gasteiger partial charge >= 0.3 is 0 Å². The predicted molar refractivity (Wildman–Crippen MR) is 124 cm³/mol. The predicted octanol–water partition coefficient (Wildman–Crippen LogP) is 4.80. The molecule has 0 amide bonds. The molecule has 0 spiro atoms. The van der Waals surface area contributed by atoms with Gasteiger partial charge in [0.1, 0.15) is 12.4 Å². The van der Waals surface area contributed by atoms with Crippen molar-refractivity contribution in [3.63, 3.8) is 0 Å². The van der Waals surface area contributed by atoms with Crippen LogP contribution in [0.4, 0.5) is 4.39 Å². The Balaban J connectivity index is 1.39. The second kappa shape index (κ2) is 8.51. The Labute approximate surface area is 189 Å². The van der Waals surface area contributed by atoms with Gasteiger partial charge in [-0.1, -0.05) is 43.2 Å². The van der Waals surface area contributed by atoms with Crippen LogP contribution >= 0.6 is 0 Å². The molecule has 6 rings (SSSR count). The van der Waals surface area contributed by atoms with Gasteiger partial charge in [-0.15, -0.1) is 0 Å². The normalized spacial score (nSPS) is 28.0. The molecule has 0 bridgehead atoms. The zero-order chi connectivity index (χ0) is 21.5. The highest BCUT2D eigenvalue weighted by Crippen LogP contribution is 2.43. The van der Waals surface area contributed by atoms with Crippen LogP contribution in [0.3, 0.4) is 0 Å². The lowest BCUT2D eigenvalue weighted by atomic mass is 9.82. The molecule has 1 aliphatic carbocycles. The lowest BCUT2D eigenvalue weighted by Gasteiger charge is -2.39. The Morgan fingerprint density at radius 2 is 1.81 bits per heavy atom. The van der Waals surface area contributed by atoms with E-state index in [4.69, 9.17) is 9.73 Å². The van der Waals surface area contributed by atoms with Gasteiger partial charge in [-0.05, 0) is 78.5 Å². The van der Waals surface area contributed by atoms with Crippen molar-refractivity contribution in [3.8, 4) is 0 Å². The summed E-state index contributed by atoms with van der Waals surface area (Å²) in [5.41, 5.74) is 5.48. The third-order valence-electron chi connectivity index (χ3n) is 7.99. The largest absolute Gasteiger partial charge is 0.463 e. The van der Waals surface area contributed by atoms with E-state index in [-0.39, 0.29) is 17.9 Å². The second-order valence-electron chi connectivity index (χ2n) is 9.84. The summed E-state index contributed by atoms with van der Waals surface area (Å²) in [7, 11) is 0. The molecule has 0 unspecified atom stereocenters. The van der Waals surface area contributed by atoms with Gasteiger partial charge in [-0.2, -0.15) is 0 Å². The Hall–Kier alpha value is -2.40. The first-order chi connectivity index (χ1) is 15.8. The van der Waals surface area contributed by atoms with E-state index >= 15 is 0 Å². The maximum Gasteiger partial charge on any atom is 0.288 e. The quantitative estimate of drug-likeness (QED) is 0.756. The molecule has 4 nitrogen and oxygen atoms in total. The number of hydrogen-bond acceptors (Lipinski definition) is 4. The maximum atomic E-state index is 13.8. The minimum Gasteiger partial charge on any atom is -0.463 e. The van der Waals surface area contributed by atoms with E-state index in [9.17, 15) is 4.39 Å². The number of fused-ring (bicyclic) bond motifs is 1. The van der Waals surface area contributed by atoms with E-state index in [0.717, 1.165) is 37.6 Å². The van der Waals surface area contributed by atoms with Gasteiger partial charge < -0.3 is 15.0 Å². The molecule has 1 saturated heterocycles. The molecular weight excluding hydrogens is 401 g/mol. The number of ether oxygens (including phenoxy) is 1. The average molecular weight is 434 g/mol. The molecule has 32 heavy (non-hydrogen) atoms. The van der Waals surface area contributed by atoms with Crippen molar-refractivity contribution in [2.75, 3.05) is 26.2 Å². The standard InChI is InChI=1S/C27H32FN3O/c28-21-10-8-19(9-11-21)26-24-7-3-6-22(18-4-1-2-5-18)23(24)13-15-31(26)27-30-25(17-32-27)20-12-14-29-16-20/h3,6-11,18,20,25-26,29H,1-2,4-5,12-17H2/t20-,25-,26+/m1/s1. The monoisotopic (exact) mass is 433 g/mol. The number of nitrogens with one attached hydrogen (secondary N) is 1. The summed E-state index contributed by atoms with van der Waals surface area (Å²) in [6.07, 6.45) is 7.45. The lowest BCUT2D eigenvalue weighted by molar-refractivity contribution is 0.215. The molecule has 0 radical (unpaired) electrons. The average Bonchev–Trinajstić information content (AvgIpc) is 3.61. The van der Waals surface area contributed by atoms with Crippen LogP contribution in [-0.4, -0.2) is 43.2 Å². The van der Waals surface area contributed by atoms with Crippen molar-refractivity contribution < 1.29 is 9.13 Å². The molecule has 2 aromatic carbocycles. The number of nitrogens with zero attached hydrogens (tertiary/aromatic N) is 2. The maximum absolute atomic E-state index is 13.8. The van der Waals surface area contributed by atoms with E-state index in [0.29, 0.717) is 18.4 Å². The fraction of sp³-hybridized carbons (Fsp3) is 0.519. The Bertz CT molecular complexity index is 992. The van der Waals surface area contributed by atoms with Crippen molar-refractivity contribution >= 4 is 6.02 Å². The molecule has 2 aromatic rings. The fourth-order valence-corrected chi connectivity index (χ4v) is 6.31. The van der Waals surface area contributed by atoms with Gasteiger partial charge in [-0.3, -0.25) is 0 Å². The van der Waals surface area contributed by atoms with Crippen LogP contribution in [0, 0.1) is 11.7 Å². The number of hydrogen-bond donors (Lipinski definition) is 1. The molecule has 3 atom stereocenters. The number of halogens is 1. The van der Waals surface area contributed by atoms with E-state index in [1.54, 1.807) is 12.1 Å². The number of amidine groups is 1. The van der Waals surface area contributed by atoms with E-state index < -0.39 is 0 Å². The molecule has 3 heterocycles. The highest BCUT2D eigenvalue weighted by atomic mass is 19.1. The van der Waals surface area contributed by atoms with Crippen LogP contribution in [0.1, 0.15) is 66.3 Å². The SMILES string of the molecule is Fc1ccc([C@H]2c3cccc(C4CCCC4)c3CCN2C2=N[C@@H]([C@@H]3CCNC3)CO2)cc1. The Morgan fingerprint density at radius 1 is 1.00 bits per heavy atom. The molecule has 3 aliphatic heterocycles. The third-order valence-corrected chi connectivity index (χ3v) is 7.99. The summed E-state index contributed by atoms with van der Waals surface area (Å²) in [5.74, 6) is 1.05. The summed E-state index contributed by atoms with van der Waals surface area (Å²) in [6.45, 7) is 3.65. The fourth-order valence-electron chi connectivity index (χ4n) is 6.31. The number of aliphatic imine (C=N–C) groups is 1. The van der Waals surface area contributed by atoms with Gasteiger partial charge in [0.15, 0.2) is 0 Å².